The van der Waals surface area contributed by atoms with Gasteiger partial charge in [-0.3, -0.25) is 4.79 Å². The van der Waals surface area contributed by atoms with Gasteiger partial charge < -0.3 is 15.4 Å². The number of nitrogens with zero attached hydrogens (tertiary/aromatic N) is 1. The molecule has 88 valence electrons. The molecule has 2 N–H and O–H groups in total. The molecule has 0 fully saturated rings. The van der Waals surface area contributed by atoms with Crippen molar-refractivity contribution < 1.29 is 9.53 Å². The van der Waals surface area contributed by atoms with Crippen LogP contribution in [0.1, 0.15) is 5.56 Å². The zero-order chi connectivity index (χ0) is 12.0. The van der Waals surface area contributed by atoms with Crippen molar-refractivity contribution >= 4 is 5.91 Å². The maximum Gasteiger partial charge on any atom is 0.241 e. The van der Waals surface area contributed by atoms with Crippen LogP contribution in [0.4, 0.5) is 0 Å². The van der Waals surface area contributed by atoms with Gasteiger partial charge in [0.15, 0.2) is 0 Å². The van der Waals surface area contributed by atoms with Crippen molar-refractivity contribution in [1.29, 1.82) is 0 Å². The zero-order valence-electron chi connectivity index (χ0n) is 9.72. The highest BCUT2D eigenvalue weighted by Crippen LogP contribution is 2.03. The molecule has 16 heavy (non-hydrogen) atoms. The molecule has 0 saturated heterocycles. The number of hydrogen-bond donors (Lipinski definition) is 1. The Kier molecular flexibility index (Phi) is 4.95. The minimum Gasteiger partial charge on any atom is -0.383 e. The lowest BCUT2D eigenvalue weighted by molar-refractivity contribution is -0.132. The highest BCUT2D eigenvalue weighted by Gasteiger charge is 2.17. The minimum atomic E-state index is -0.585. The van der Waals surface area contributed by atoms with Gasteiger partial charge in [0.2, 0.25) is 5.91 Å². The molecule has 0 heterocycles. The number of rotatable bonds is 5. The van der Waals surface area contributed by atoms with E-state index < -0.39 is 6.04 Å². The van der Waals surface area contributed by atoms with Gasteiger partial charge in [0.25, 0.3) is 0 Å². The molecule has 0 aliphatic heterocycles. The maximum atomic E-state index is 11.8. The van der Waals surface area contributed by atoms with E-state index in [1.165, 1.54) is 7.11 Å². The lowest BCUT2D eigenvalue weighted by Crippen LogP contribution is -2.44. The van der Waals surface area contributed by atoms with Crippen LogP contribution in [-0.4, -0.2) is 37.6 Å². The molecule has 1 aromatic rings. The van der Waals surface area contributed by atoms with Gasteiger partial charge in [-0.25, -0.2) is 0 Å². The number of carbonyl (C=O) groups excluding carboxylic acids is 1. The Hall–Kier alpha value is -1.39. The Bertz CT molecular complexity index is 327. The molecular weight excluding hydrogens is 204 g/mol. The lowest BCUT2D eigenvalue weighted by Gasteiger charge is -2.20. The Morgan fingerprint density at radius 1 is 1.44 bits per heavy atom. The number of nitrogens with two attached hydrogens (primary N) is 1. The predicted octanol–water partition coefficient (Wildman–Crippen LogP) is 0.619. The third kappa shape index (κ3) is 3.64. The van der Waals surface area contributed by atoms with E-state index in [0.29, 0.717) is 6.54 Å². The van der Waals surface area contributed by atoms with Crippen LogP contribution in [0.2, 0.25) is 0 Å². The molecule has 0 aliphatic rings. The van der Waals surface area contributed by atoms with Gasteiger partial charge in [-0.05, 0) is 5.56 Å². The smallest absolute Gasteiger partial charge is 0.241 e. The van der Waals surface area contributed by atoms with Gasteiger partial charge in [0.1, 0.15) is 6.04 Å². The maximum absolute atomic E-state index is 11.8. The second-order valence-electron chi connectivity index (χ2n) is 3.74. The molecule has 1 amide bonds. The largest absolute Gasteiger partial charge is 0.383 e. The third-order valence-electron chi connectivity index (χ3n) is 2.30. The second kappa shape index (κ2) is 6.25. The molecule has 0 unspecified atom stereocenters. The van der Waals surface area contributed by atoms with E-state index in [4.69, 9.17) is 10.5 Å². The van der Waals surface area contributed by atoms with Gasteiger partial charge in [-0.15, -0.1) is 0 Å². The normalized spacial score (nSPS) is 12.2. The molecule has 0 aliphatic carbocycles. The number of carbonyl (C=O) groups is 1. The molecule has 4 heteroatoms. The first-order chi connectivity index (χ1) is 7.65. The van der Waals surface area contributed by atoms with E-state index >= 15 is 0 Å². The number of likely N-dealkylation sites (N-methyl/N-ethyl adjacent to an activating group) is 1. The molecule has 1 atom stereocenters. The summed E-state index contributed by atoms with van der Waals surface area (Å²) in [6.45, 7) is 0.815. The highest BCUT2D eigenvalue weighted by atomic mass is 16.5. The average molecular weight is 222 g/mol. The van der Waals surface area contributed by atoms with Crippen LogP contribution in [0.3, 0.4) is 0 Å². The van der Waals surface area contributed by atoms with Crippen LogP contribution < -0.4 is 5.73 Å². The van der Waals surface area contributed by atoms with Crippen molar-refractivity contribution in [3.8, 4) is 0 Å². The number of hydrogen-bond acceptors (Lipinski definition) is 3. The Balaban J connectivity index is 2.52. The van der Waals surface area contributed by atoms with Gasteiger partial charge >= 0.3 is 0 Å². The van der Waals surface area contributed by atoms with Crippen LogP contribution >= 0.6 is 0 Å². The molecular formula is C12H18N2O2. The second-order valence-corrected chi connectivity index (χ2v) is 3.74. The molecule has 1 aromatic carbocycles. The van der Waals surface area contributed by atoms with Crippen molar-refractivity contribution in [1.82, 2.24) is 4.90 Å². The summed E-state index contributed by atoms with van der Waals surface area (Å²) >= 11 is 0. The molecule has 0 bridgehead atoms. The summed E-state index contributed by atoms with van der Waals surface area (Å²) in [5.74, 6) is -0.106. The topological polar surface area (TPSA) is 55.6 Å². The van der Waals surface area contributed by atoms with Crippen LogP contribution in [0.15, 0.2) is 30.3 Å². The van der Waals surface area contributed by atoms with Crippen LogP contribution in [0, 0.1) is 0 Å². The first-order valence-electron chi connectivity index (χ1n) is 5.18. The number of benzene rings is 1. The Morgan fingerprint density at radius 3 is 2.62 bits per heavy atom. The van der Waals surface area contributed by atoms with Crippen LogP contribution in [-0.2, 0) is 16.1 Å². The zero-order valence-corrected chi connectivity index (χ0v) is 9.72. The fourth-order valence-corrected chi connectivity index (χ4v) is 1.47. The quantitative estimate of drug-likeness (QED) is 0.794. The SMILES string of the molecule is COC[C@@H](N)C(=O)N(C)Cc1ccccc1. The van der Waals surface area contributed by atoms with Gasteiger partial charge in [-0.1, -0.05) is 30.3 Å². The number of amides is 1. The van der Waals surface area contributed by atoms with Crippen molar-refractivity contribution in [2.24, 2.45) is 5.73 Å². The lowest BCUT2D eigenvalue weighted by atomic mass is 10.2. The summed E-state index contributed by atoms with van der Waals surface area (Å²) in [5.41, 5.74) is 6.75. The molecule has 0 radical (unpaired) electrons. The Morgan fingerprint density at radius 2 is 2.06 bits per heavy atom. The first-order valence-corrected chi connectivity index (χ1v) is 5.18. The summed E-state index contributed by atoms with van der Waals surface area (Å²) in [6, 6.07) is 9.21. The fourth-order valence-electron chi connectivity index (χ4n) is 1.47. The number of methoxy groups -OCH3 is 1. The third-order valence-corrected chi connectivity index (χ3v) is 2.30. The van der Waals surface area contributed by atoms with Crippen molar-refractivity contribution in [2.75, 3.05) is 20.8 Å². The summed E-state index contributed by atoms with van der Waals surface area (Å²) < 4.78 is 4.85. The summed E-state index contributed by atoms with van der Waals surface area (Å²) in [7, 11) is 3.27. The minimum absolute atomic E-state index is 0.106. The molecule has 0 aromatic heterocycles. The summed E-state index contributed by atoms with van der Waals surface area (Å²) in [6.07, 6.45) is 0. The fraction of sp³-hybridized carbons (Fsp3) is 0.417. The van der Waals surface area contributed by atoms with Crippen molar-refractivity contribution in [3.63, 3.8) is 0 Å². The van der Waals surface area contributed by atoms with E-state index in [1.54, 1.807) is 11.9 Å². The molecule has 1 rings (SSSR count). The van der Waals surface area contributed by atoms with Crippen molar-refractivity contribution in [3.05, 3.63) is 35.9 Å². The van der Waals surface area contributed by atoms with E-state index in [0.717, 1.165) is 5.56 Å². The van der Waals surface area contributed by atoms with Gasteiger partial charge in [0, 0.05) is 20.7 Å². The van der Waals surface area contributed by atoms with Crippen LogP contribution in [0.5, 0.6) is 0 Å². The van der Waals surface area contributed by atoms with E-state index in [2.05, 4.69) is 0 Å². The highest BCUT2D eigenvalue weighted by molar-refractivity contribution is 5.81. The monoisotopic (exact) mass is 222 g/mol. The first kappa shape index (κ1) is 12.7. The molecule has 0 spiro atoms. The van der Waals surface area contributed by atoms with Gasteiger partial charge in [-0.2, -0.15) is 0 Å². The summed E-state index contributed by atoms with van der Waals surface area (Å²) in [4.78, 5) is 13.4. The molecule has 0 saturated carbocycles. The van der Waals surface area contributed by atoms with Crippen LogP contribution in [0.25, 0.3) is 0 Å². The van der Waals surface area contributed by atoms with Crippen molar-refractivity contribution in [2.45, 2.75) is 12.6 Å². The van der Waals surface area contributed by atoms with Gasteiger partial charge in [0.05, 0.1) is 6.61 Å². The molecule has 4 nitrogen and oxygen atoms in total. The van der Waals surface area contributed by atoms with E-state index in [-0.39, 0.29) is 12.5 Å². The summed E-state index contributed by atoms with van der Waals surface area (Å²) in [5, 5.41) is 0. The number of ether oxygens (including phenoxy) is 1. The average Bonchev–Trinajstić information content (AvgIpc) is 2.29. The van der Waals surface area contributed by atoms with E-state index in [9.17, 15) is 4.79 Å². The Labute approximate surface area is 96.0 Å². The predicted molar refractivity (Wildman–Crippen MR) is 62.8 cm³/mol. The van der Waals surface area contributed by atoms with E-state index in [1.807, 2.05) is 30.3 Å². The standard InChI is InChI=1S/C12H18N2O2/c1-14(12(15)11(13)9-16-2)8-10-6-4-3-5-7-10/h3-7,11H,8-9,13H2,1-2H3/t11-/m1/s1.